The van der Waals surface area contributed by atoms with Gasteiger partial charge in [-0.3, -0.25) is 14.4 Å². The molecule has 0 saturated carbocycles. The van der Waals surface area contributed by atoms with Gasteiger partial charge in [-0.05, 0) is 12.1 Å². The third-order valence-corrected chi connectivity index (χ3v) is 5.65. The maximum Gasteiger partial charge on any atom is 0.311 e. The molecule has 0 spiro atoms. The molecule has 1 saturated heterocycles. The van der Waals surface area contributed by atoms with Crippen molar-refractivity contribution in [2.24, 2.45) is 5.73 Å². The van der Waals surface area contributed by atoms with Gasteiger partial charge in [0.1, 0.15) is 5.50 Å². The van der Waals surface area contributed by atoms with Crippen molar-refractivity contribution in [3.63, 3.8) is 0 Å². The number of likely N-dealkylation sites (N-methyl/N-ethyl adjacent to an activating group) is 2. The summed E-state index contributed by atoms with van der Waals surface area (Å²) >= 11 is 6.61. The van der Waals surface area contributed by atoms with E-state index in [1.807, 2.05) is 18.9 Å². The van der Waals surface area contributed by atoms with E-state index < -0.39 is 35.2 Å². The first kappa shape index (κ1) is 22.4. The Bertz CT molecular complexity index is 852. The number of ether oxygens (including phenoxy) is 3. The van der Waals surface area contributed by atoms with Gasteiger partial charge in [-0.25, -0.2) is 10.0 Å². The number of nitrogens with one attached hydrogen (secondary N) is 1. The van der Waals surface area contributed by atoms with Gasteiger partial charge >= 0.3 is 11.9 Å². The van der Waals surface area contributed by atoms with Gasteiger partial charge in [0.05, 0.1) is 18.4 Å². The Hall–Kier alpha value is -2.24. The molecule has 10 nitrogen and oxygen atoms in total. The van der Waals surface area contributed by atoms with Gasteiger partial charge in [0.25, 0.3) is 5.91 Å². The Morgan fingerprint density at radius 2 is 1.87 bits per heavy atom. The lowest BCUT2D eigenvalue weighted by molar-refractivity contribution is -0.142. The second-order valence-electron chi connectivity index (χ2n) is 6.90. The Labute approximate surface area is 179 Å². The predicted octanol–water partition coefficient (Wildman–Crippen LogP) is 0.786. The van der Waals surface area contributed by atoms with E-state index in [9.17, 15) is 14.4 Å². The molecule has 11 heteroatoms. The highest BCUT2D eigenvalue weighted by Crippen LogP contribution is 2.36. The molecule has 0 radical (unpaired) electrons. The monoisotopic (exact) mass is 440 g/mol. The molecule has 3 unspecified atom stereocenters. The average molecular weight is 441 g/mol. The van der Waals surface area contributed by atoms with Crippen LogP contribution >= 0.6 is 11.6 Å². The minimum absolute atomic E-state index is 0.0166. The second-order valence-corrected chi connectivity index (χ2v) is 7.32. The van der Waals surface area contributed by atoms with Crippen molar-refractivity contribution in [1.82, 2.24) is 15.3 Å². The van der Waals surface area contributed by atoms with Crippen LogP contribution in [-0.2, 0) is 14.3 Å². The number of nitrogens with zero attached hydrogens (tertiary/aromatic N) is 2. The molecule has 3 N–H and O–H groups in total. The van der Waals surface area contributed by atoms with Crippen molar-refractivity contribution in [1.29, 1.82) is 0 Å². The van der Waals surface area contributed by atoms with Gasteiger partial charge in [0.15, 0.2) is 23.4 Å². The summed E-state index contributed by atoms with van der Waals surface area (Å²) in [4.78, 5) is 37.0. The molecule has 1 amide bonds. The molecule has 1 aromatic carbocycles. The highest BCUT2D eigenvalue weighted by Gasteiger charge is 2.57. The summed E-state index contributed by atoms with van der Waals surface area (Å²) in [6.07, 6.45) is -0.995. The predicted molar refractivity (Wildman–Crippen MR) is 107 cm³/mol. The van der Waals surface area contributed by atoms with Crippen LogP contribution in [0.1, 0.15) is 37.0 Å². The van der Waals surface area contributed by atoms with Gasteiger partial charge < -0.3 is 25.3 Å². The molecule has 1 aromatic rings. The van der Waals surface area contributed by atoms with Gasteiger partial charge in [0, 0.05) is 20.2 Å². The molecule has 0 aromatic heterocycles. The Morgan fingerprint density at radius 1 is 1.23 bits per heavy atom. The molecule has 2 heterocycles. The molecule has 3 rings (SSSR count). The van der Waals surface area contributed by atoms with Crippen molar-refractivity contribution in [3.05, 3.63) is 23.8 Å². The number of hydrazine groups is 1. The third kappa shape index (κ3) is 3.88. The van der Waals surface area contributed by atoms with Gasteiger partial charge in [-0.2, -0.15) is 0 Å². The number of fused-ring (bicyclic) bond motifs is 1. The molecule has 3 atom stereocenters. The Balaban J connectivity index is 1.96. The lowest BCUT2D eigenvalue weighted by Crippen LogP contribution is -2.67. The van der Waals surface area contributed by atoms with E-state index in [0.29, 0.717) is 13.1 Å². The number of methoxy groups -OCH3 is 1. The first-order valence-electron chi connectivity index (χ1n) is 9.62. The SMILES string of the molecule is CCN1C(Cl)C(N)(NC(=O)c2cccc3c2OC(=O)CCC(=O)O3)C(OC)N1CC. The summed E-state index contributed by atoms with van der Waals surface area (Å²) in [5.74, 6) is -2.05. The molecule has 0 bridgehead atoms. The van der Waals surface area contributed by atoms with Crippen LogP contribution in [0.4, 0.5) is 0 Å². The number of hydrogen-bond acceptors (Lipinski definition) is 9. The number of hydrogen-bond donors (Lipinski definition) is 2. The van der Waals surface area contributed by atoms with Gasteiger partial charge in [-0.1, -0.05) is 19.9 Å². The van der Waals surface area contributed by atoms with E-state index in [1.54, 1.807) is 5.01 Å². The fourth-order valence-electron chi connectivity index (χ4n) is 3.69. The van der Waals surface area contributed by atoms with Crippen molar-refractivity contribution in [2.45, 2.75) is 44.1 Å². The number of benzene rings is 1. The fourth-order valence-corrected chi connectivity index (χ4v) is 4.10. The smallest absolute Gasteiger partial charge is 0.311 e. The highest BCUT2D eigenvalue weighted by molar-refractivity contribution is 6.21. The van der Waals surface area contributed by atoms with E-state index >= 15 is 0 Å². The summed E-state index contributed by atoms with van der Waals surface area (Å²) in [6, 6.07) is 4.39. The quantitative estimate of drug-likeness (QED) is 0.225. The van der Waals surface area contributed by atoms with Crippen molar-refractivity contribution in [3.8, 4) is 11.5 Å². The van der Waals surface area contributed by atoms with Crippen LogP contribution in [0, 0.1) is 0 Å². The molecule has 2 aliphatic rings. The zero-order chi connectivity index (χ0) is 22.1. The average Bonchev–Trinajstić information content (AvgIpc) is 2.91. The second kappa shape index (κ2) is 8.86. The minimum Gasteiger partial charge on any atom is -0.422 e. The van der Waals surface area contributed by atoms with Crippen LogP contribution in [0.15, 0.2) is 18.2 Å². The van der Waals surface area contributed by atoms with Crippen LogP contribution in [0.3, 0.4) is 0 Å². The number of halogens is 1. The first-order chi connectivity index (χ1) is 14.3. The number of para-hydroxylation sites is 1. The molecule has 1 fully saturated rings. The normalized spacial score (nSPS) is 27.6. The number of rotatable bonds is 5. The zero-order valence-electron chi connectivity index (χ0n) is 17.0. The number of carbonyl (C=O) groups is 3. The summed E-state index contributed by atoms with van der Waals surface area (Å²) < 4.78 is 16.1. The van der Waals surface area contributed by atoms with Crippen LogP contribution < -0.4 is 20.5 Å². The maximum atomic E-state index is 13.2. The van der Waals surface area contributed by atoms with Crippen LogP contribution in [0.5, 0.6) is 11.5 Å². The molecule has 0 aliphatic carbocycles. The minimum atomic E-state index is -1.48. The molecule has 164 valence electrons. The Morgan fingerprint density at radius 3 is 2.47 bits per heavy atom. The molecule has 30 heavy (non-hydrogen) atoms. The largest absolute Gasteiger partial charge is 0.422 e. The fraction of sp³-hybridized carbons (Fsp3) is 0.526. The van der Waals surface area contributed by atoms with Crippen molar-refractivity contribution in [2.75, 3.05) is 20.2 Å². The molecular weight excluding hydrogens is 416 g/mol. The Kier molecular flexibility index (Phi) is 6.63. The van der Waals surface area contributed by atoms with E-state index in [2.05, 4.69) is 5.32 Å². The van der Waals surface area contributed by atoms with Gasteiger partial charge in [0.2, 0.25) is 0 Å². The molecular formula is C19H25ClN4O6. The highest BCUT2D eigenvalue weighted by atomic mass is 35.5. The van der Waals surface area contributed by atoms with Crippen LogP contribution in [-0.4, -0.2) is 65.5 Å². The van der Waals surface area contributed by atoms with Gasteiger partial charge in [-0.15, -0.1) is 11.6 Å². The maximum absolute atomic E-state index is 13.2. The number of esters is 2. The number of amides is 1. The van der Waals surface area contributed by atoms with E-state index in [0.717, 1.165) is 0 Å². The van der Waals surface area contributed by atoms with Crippen LogP contribution in [0.2, 0.25) is 0 Å². The van der Waals surface area contributed by atoms with Crippen molar-refractivity contribution >= 4 is 29.4 Å². The first-order valence-corrected chi connectivity index (χ1v) is 10.1. The van der Waals surface area contributed by atoms with Crippen LogP contribution in [0.25, 0.3) is 0 Å². The summed E-state index contributed by atoms with van der Waals surface area (Å²) in [5.41, 5.74) is 4.24. The third-order valence-electron chi connectivity index (χ3n) is 5.06. The van der Waals surface area contributed by atoms with Crippen molar-refractivity contribution < 1.29 is 28.6 Å². The van der Waals surface area contributed by atoms with E-state index in [-0.39, 0.29) is 29.9 Å². The lowest BCUT2D eigenvalue weighted by Gasteiger charge is -2.34. The number of carbonyl (C=O) groups excluding carboxylic acids is 3. The summed E-state index contributed by atoms with van der Waals surface area (Å²) in [7, 11) is 1.48. The lowest BCUT2D eigenvalue weighted by atomic mass is 10.1. The number of nitrogens with two attached hydrogens (primary N) is 1. The molecule has 2 aliphatic heterocycles. The van der Waals surface area contributed by atoms with E-state index in [1.165, 1.54) is 25.3 Å². The summed E-state index contributed by atoms with van der Waals surface area (Å²) in [6.45, 7) is 4.93. The summed E-state index contributed by atoms with van der Waals surface area (Å²) in [5, 5.41) is 6.36. The topological polar surface area (TPSA) is 123 Å². The number of alkyl halides is 1. The zero-order valence-corrected chi connectivity index (χ0v) is 17.8. The standard InChI is InChI=1S/C19H25ClN4O6/c1-4-23-17(20)19(21,18(28-3)24(23)5-2)22-16(27)11-7-6-8-12-15(11)30-14(26)10-9-13(25)29-12/h6-8,17-18H,4-5,9-10,21H2,1-3H3,(H,22,27). The van der Waals surface area contributed by atoms with E-state index in [4.69, 9.17) is 31.5 Å².